The van der Waals surface area contributed by atoms with Crippen LogP contribution in [-0.4, -0.2) is 43.3 Å². The predicted molar refractivity (Wildman–Crippen MR) is 210 cm³/mol. The Morgan fingerprint density at radius 1 is 0.620 bits per heavy atom. The Labute approximate surface area is 307 Å². The number of carbonyl (C=O) groups is 1. The van der Waals surface area contributed by atoms with Gasteiger partial charge in [-0.15, -0.1) is 0 Å². The van der Waals surface area contributed by atoms with Crippen molar-refractivity contribution in [1.82, 2.24) is 0 Å². The summed E-state index contributed by atoms with van der Waals surface area (Å²) in [4.78, 5) is 22.3. The fourth-order valence-electron chi connectivity index (χ4n) is 5.34. The lowest BCUT2D eigenvalue weighted by Gasteiger charge is -2.19. The SMILES string of the molecule is CCCCCCCCCC=CCC=CCC=CCCC(=O)OC(COC=CCCCCCCCCCCCCCC)COP(=O)(O)OCCN. The number of phosphoric ester groups is 1. The summed E-state index contributed by atoms with van der Waals surface area (Å²) in [5.74, 6) is -0.426. The first kappa shape index (κ1) is 48.3. The van der Waals surface area contributed by atoms with Crippen LogP contribution in [0.1, 0.15) is 174 Å². The van der Waals surface area contributed by atoms with Gasteiger partial charge in [-0.05, 0) is 51.0 Å². The Morgan fingerprint density at radius 2 is 1.08 bits per heavy atom. The average Bonchev–Trinajstić information content (AvgIpc) is 3.10. The van der Waals surface area contributed by atoms with Crippen LogP contribution < -0.4 is 5.73 Å². The predicted octanol–water partition coefficient (Wildman–Crippen LogP) is 12.0. The average molecular weight is 726 g/mol. The van der Waals surface area contributed by atoms with E-state index in [2.05, 4.69) is 38.2 Å². The maximum Gasteiger partial charge on any atom is 0.472 e. The largest absolute Gasteiger partial charge is 0.498 e. The third-order valence-corrected chi connectivity index (χ3v) is 9.31. The lowest BCUT2D eigenvalue weighted by molar-refractivity contribution is -0.153. The van der Waals surface area contributed by atoms with Crippen molar-refractivity contribution in [1.29, 1.82) is 0 Å². The zero-order valence-corrected chi connectivity index (χ0v) is 33.0. The molecule has 0 radical (unpaired) electrons. The van der Waals surface area contributed by atoms with Gasteiger partial charge in [-0.25, -0.2) is 4.57 Å². The van der Waals surface area contributed by atoms with Crippen molar-refractivity contribution in [2.75, 3.05) is 26.4 Å². The lowest BCUT2D eigenvalue weighted by atomic mass is 10.0. The van der Waals surface area contributed by atoms with E-state index < -0.39 is 19.9 Å². The summed E-state index contributed by atoms with van der Waals surface area (Å²) in [5.41, 5.74) is 5.35. The lowest BCUT2D eigenvalue weighted by Crippen LogP contribution is -2.27. The van der Waals surface area contributed by atoms with Crippen LogP contribution in [0.25, 0.3) is 0 Å². The summed E-state index contributed by atoms with van der Waals surface area (Å²) in [6.45, 7) is 4.16. The highest BCUT2D eigenvalue weighted by molar-refractivity contribution is 7.47. The monoisotopic (exact) mass is 726 g/mol. The van der Waals surface area contributed by atoms with Crippen LogP contribution in [0.5, 0.6) is 0 Å². The van der Waals surface area contributed by atoms with Crippen LogP contribution in [0.15, 0.2) is 48.8 Å². The molecule has 0 aliphatic rings. The summed E-state index contributed by atoms with van der Waals surface area (Å²) < 4.78 is 33.0. The minimum absolute atomic E-state index is 0.00566. The molecule has 0 bridgehead atoms. The van der Waals surface area contributed by atoms with Gasteiger partial charge in [0.15, 0.2) is 6.10 Å². The molecule has 0 heterocycles. The maximum absolute atomic E-state index is 12.5. The molecule has 0 spiro atoms. The van der Waals surface area contributed by atoms with E-state index in [4.69, 9.17) is 24.3 Å². The van der Waals surface area contributed by atoms with Crippen molar-refractivity contribution in [3.8, 4) is 0 Å². The Morgan fingerprint density at radius 3 is 1.60 bits per heavy atom. The van der Waals surface area contributed by atoms with Crippen molar-refractivity contribution >= 4 is 13.8 Å². The highest BCUT2D eigenvalue weighted by Gasteiger charge is 2.25. The Balaban J connectivity index is 4.23. The first-order valence-corrected chi connectivity index (χ1v) is 21.7. The molecule has 9 heteroatoms. The Kier molecular flexibility index (Phi) is 37.2. The zero-order chi connectivity index (χ0) is 36.6. The van der Waals surface area contributed by atoms with Crippen LogP contribution in [0.3, 0.4) is 0 Å². The van der Waals surface area contributed by atoms with Gasteiger partial charge in [0.2, 0.25) is 0 Å². The molecule has 0 saturated carbocycles. The number of hydrogen-bond donors (Lipinski definition) is 2. The second-order valence-electron chi connectivity index (χ2n) is 13.2. The van der Waals surface area contributed by atoms with Crippen molar-refractivity contribution in [2.45, 2.75) is 180 Å². The molecule has 2 atom stereocenters. The van der Waals surface area contributed by atoms with Crippen molar-refractivity contribution in [3.05, 3.63) is 48.8 Å². The number of rotatable bonds is 38. The molecule has 2 unspecified atom stereocenters. The molecule has 0 rings (SSSR count). The second-order valence-corrected chi connectivity index (χ2v) is 14.7. The van der Waals surface area contributed by atoms with Gasteiger partial charge in [0.25, 0.3) is 0 Å². The summed E-state index contributed by atoms with van der Waals surface area (Å²) >= 11 is 0. The van der Waals surface area contributed by atoms with E-state index in [0.29, 0.717) is 6.42 Å². The van der Waals surface area contributed by atoms with Gasteiger partial charge < -0.3 is 20.1 Å². The molecule has 0 fully saturated rings. The van der Waals surface area contributed by atoms with Gasteiger partial charge in [0, 0.05) is 13.0 Å². The van der Waals surface area contributed by atoms with E-state index in [0.717, 1.165) is 32.1 Å². The van der Waals surface area contributed by atoms with Crippen LogP contribution in [-0.2, 0) is 27.9 Å². The molecule has 8 nitrogen and oxygen atoms in total. The minimum atomic E-state index is -4.30. The fourth-order valence-corrected chi connectivity index (χ4v) is 6.11. The first-order valence-electron chi connectivity index (χ1n) is 20.2. The highest BCUT2D eigenvalue weighted by Crippen LogP contribution is 2.43. The van der Waals surface area contributed by atoms with Gasteiger partial charge in [-0.1, -0.05) is 159 Å². The number of carbonyl (C=O) groups excluding carboxylic acids is 1. The van der Waals surface area contributed by atoms with E-state index in [1.165, 1.54) is 116 Å². The van der Waals surface area contributed by atoms with E-state index in [1.54, 1.807) is 6.26 Å². The molecule has 0 aromatic rings. The van der Waals surface area contributed by atoms with Gasteiger partial charge in [-0.3, -0.25) is 13.8 Å². The smallest absolute Gasteiger partial charge is 0.472 e. The van der Waals surface area contributed by atoms with Crippen molar-refractivity contribution < 1.29 is 32.8 Å². The molecule has 0 aromatic carbocycles. The molecule has 0 saturated heterocycles. The van der Waals surface area contributed by atoms with Crippen LogP contribution in [0.4, 0.5) is 0 Å². The van der Waals surface area contributed by atoms with E-state index in [-0.39, 0.29) is 32.8 Å². The number of nitrogens with two attached hydrogens (primary N) is 1. The number of unbranched alkanes of at least 4 members (excludes halogenated alkanes) is 19. The molecule has 0 aliphatic heterocycles. The number of hydrogen-bond acceptors (Lipinski definition) is 7. The Hall–Kier alpha value is -1.70. The normalized spacial score (nSPS) is 14.0. The van der Waals surface area contributed by atoms with Gasteiger partial charge in [-0.2, -0.15) is 0 Å². The van der Waals surface area contributed by atoms with Crippen LogP contribution >= 0.6 is 7.82 Å². The number of esters is 1. The van der Waals surface area contributed by atoms with Crippen molar-refractivity contribution in [2.24, 2.45) is 5.73 Å². The van der Waals surface area contributed by atoms with Gasteiger partial charge in [0.1, 0.15) is 6.61 Å². The minimum Gasteiger partial charge on any atom is -0.498 e. The summed E-state index contributed by atoms with van der Waals surface area (Å²) in [5, 5.41) is 0. The molecule has 0 aliphatic carbocycles. The number of allylic oxidation sites excluding steroid dienone is 7. The molecular weight excluding hydrogens is 649 g/mol. The molecule has 0 amide bonds. The maximum atomic E-state index is 12.5. The molecule has 292 valence electrons. The third-order valence-electron chi connectivity index (χ3n) is 8.33. The van der Waals surface area contributed by atoms with Crippen LogP contribution in [0.2, 0.25) is 0 Å². The molecular formula is C41H76NO7P. The fraction of sp³-hybridized carbons (Fsp3) is 0.780. The molecule has 50 heavy (non-hydrogen) atoms. The topological polar surface area (TPSA) is 117 Å². The van der Waals surface area contributed by atoms with Crippen LogP contribution in [0, 0.1) is 0 Å². The third kappa shape index (κ3) is 37.6. The highest BCUT2D eigenvalue weighted by atomic mass is 31.2. The quantitative estimate of drug-likeness (QED) is 0.0212. The standard InChI is InChI=1S/C41H76NO7P/c1-3-5-7-9-11-13-15-17-19-20-21-22-24-26-28-30-32-34-41(43)49-40(39-48-50(44,45)47-37-35-42)38-46-36-33-31-29-27-25-23-18-16-14-12-10-8-6-4-2/h19-20,22,24,28,30,33,36,40H,3-18,21,23,25-27,29,31-32,34-35,37-39,42H2,1-2H3,(H,44,45). The van der Waals surface area contributed by atoms with Crippen molar-refractivity contribution in [3.63, 3.8) is 0 Å². The van der Waals surface area contributed by atoms with Gasteiger partial charge >= 0.3 is 13.8 Å². The van der Waals surface area contributed by atoms with Gasteiger partial charge in [0.05, 0.1) is 19.5 Å². The van der Waals surface area contributed by atoms with E-state index in [9.17, 15) is 14.3 Å². The molecule has 0 aromatic heterocycles. The summed E-state index contributed by atoms with van der Waals surface area (Å²) in [6.07, 6.45) is 45.2. The van der Waals surface area contributed by atoms with E-state index >= 15 is 0 Å². The molecule has 3 N–H and O–H groups in total. The Bertz CT molecular complexity index is 905. The summed E-state index contributed by atoms with van der Waals surface area (Å²) in [7, 11) is -4.30. The first-order chi connectivity index (χ1) is 24.4. The number of ether oxygens (including phenoxy) is 2. The second kappa shape index (κ2) is 38.5. The summed E-state index contributed by atoms with van der Waals surface area (Å²) in [6, 6.07) is 0. The van der Waals surface area contributed by atoms with E-state index in [1.807, 2.05) is 18.2 Å². The number of phosphoric acid groups is 1. The zero-order valence-electron chi connectivity index (χ0n) is 32.1.